The van der Waals surface area contributed by atoms with Crippen molar-refractivity contribution in [3.05, 3.63) is 29.0 Å². The Bertz CT molecular complexity index is 690. The van der Waals surface area contributed by atoms with Gasteiger partial charge in [-0.05, 0) is 18.4 Å². The molecule has 0 saturated heterocycles. The van der Waals surface area contributed by atoms with Crippen molar-refractivity contribution in [3.63, 3.8) is 0 Å². The molecule has 0 amide bonds. The number of aryl methyl sites for hydroxylation is 1. The van der Waals surface area contributed by atoms with E-state index < -0.39 is 0 Å². The molecular formula is C11H11N5OS. The number of nitrogens with two attached hydrogens (primary N) is 1. The lowest BCUT2D eigenvalue weighted by Crippen LogP contribution is -2.04. The van der Waals surface area contributed by atoms with Gasteiger partial charge in [0.15, 0.2) is 5.76 Å². The van der Waals surface area contributed by atoms with Gasteiger partial charge in [-0.15, -0.1) is 11.3 Å². The van der Waals surface area contributed by atoms with E-state index in [0.717, 1.165) is 21.7 Å². The number of hydrogen-bond donors (Lipinski definition) is 2. The summed E-state index contributed by atoms with van der Waals surface area (Å²) < 4.78 is 5.13. The lowest BCUT2D eigenvalue weighted by molar-refractivity contribution is 0.384. The average Bonchev–Trinajstić information content (AvgIpc) is 2.94. The van der Waals surface area contributed by atoms with E-state index in [-0.39, 0.29) is 5.95 Å². The molecule has 0 bridgehead atoms. The Balaban J connectivity index is 1.87. The minimum absolute atomic E-state index is 0.265. The summed E-state index contributed by atoms with van der Waals surface area (Å²) in [7, 11) is 0. The minimum atomic E-state index is 0.265. The van der Waals surface area contributed by atoms with Gasteiger partial charge in [-0.25, -0.2) is 4.98 Å². The summed E-state index contributed by atoms with van der Waals surface area (Å²) in [6, 6.07) is 3.84. The van der Waals surface area contributed by atoms with Gasteiger partial charge in [0.1, 0.15) is 10.6 Å². The molecule has 0 aromatic carbocycles. The Hall–Kier alpha value is -2.15. The molecule has 3 aromatic heterocycles. The normalized spacial score (nSPS) is 10.9. The highest BCUT2D eigenvalue weighted by Gasteiger charge is 2.08. The van der Waals surface area contributed by atoms with Crippen LogP contribution >= 0.6 is 11.3 Å². The van der Waals surface area contributed by atoms with Crippen molar-refractivity contribution in [2.45, 2.75) is 13.5 Å². The van der Waals surface area contributed by atoms with Crippen LogP contribution in [-0.2, 0) is 6.54 Å². The summed E-state index contributed by atoms with van der Waals surface area (Å²) in [5, 5.41) is 9.94. The topological polar surface area (TPSA) is 89.9 Å². The predicted octanol–water partition coefficient (Wildman–Crippen LogP) is 2.18. The van der Waals surface area contributed by atoms with Crippen LogP contribution in [0.25, 0.3) is 10.2 Å². The van der Waals surface area contributed by atoms with Crippen LogP contribution in [0.1, 0.15) is 11.5 Å². The van der Waals surface area contributed by atoms with Crippen molar-refractivity contribution >= 4 is 33.3 Å². The Kier molecular flexibility index (Phi) is 2.60. The smallest absolute Gasteiger partial charge is 0.223 e. The van der Waals surface area contributed by atoms with Crippen molar-refractivity contribution in [2.24, 2.45) is 0 Å². The van der Waals surface area contributed by atoms with Crippen molar-refractivity contribution in [1.29, 1.82) is 0 Å². The fourth-order valence-corrected chi connectivity index (χ4v) is 2.45. The Labute approximate surface area is 107 Å². The highest BCUT2D eigenvalue weighted by molar-refractivity contribution is 7.16. The first-order chi connectivity index (χ1) is 8.72. The van der Waals surface area contributed by atoms with Crippen molar-refractivity contribution in [2.75, 3.05) is 11.1 Å². The summed E-state index contributed by atoms with van der Waals surface area (Å²) in [4.78, 5) is 9.23. The zero-order valence-electron chi connectivity index (χ0n) is 9.67. The molecule has 0 atom stereocenters. The van der Waals surface area contributed by atoms with E-state index in [9.17, 15) is 0 Å². The molecule has 92 valence electrons. The molecule has 0 aliphatic heterocycles. The van der Waals surface area contributed by atoms with Crippen LogP contribution in [0.3, 0.4) is 0 Å². The van der Waals surface area contributed by atoms with Gasteiger partial charge in [-0.1, -0.05) is 5.16 Å². The van der Waals surface area contributed by atoms with Crippen LogP contribution in [0.15, 0.2) is 22.0 Å². The second kappa shape index (κ2) is 4.26. The van der Waals surface area contributed by atoms with Crippen molar-refractivity contribution in [3.8, 4) is 0 Å². The van der Waals surface area contributed by atoms with Gasteiger partial charge in [0.2, 0.25) is 5.95 Å². The number of aromatic nitrogens is 3. The fraction of sp³-hybridized carbons (Fsp3) is 0.182. The van der Waals surface area contributed by atoms with E-state index in [1.165, 1.54) is 11.3 Å². The van der Waals surface area contributed by atoms with Crippen LogP contribution in [0.2, 0.25) is 0 Å². The molecule has 7 heteroatoms. The van der Waals surface area contributed by atoms with Gasteiger partial charge >= 0.3 is 0 Å². The molecule has 3 aromatic rings. The highest BCUT2D eigenvalue weighted by Crippen LogP contribution is 2.25. The molecule has 18 heavy (non-hydrogen) atoms. The number of anilines is 2. The van der Waals surface area contributed by atoms with Gasteiger partial charge in [-0.3, -0.25) is 0 Å². The molecule has 0 aliphatic carbocycles. The fourth-order valence-electron chi connectivity index (χ4n) is 1.68. The predicted molar refractivity (Wildman–Crippen MR) is 70.4 cm³/mol. The standard InChI is InChI=1S/C11H11N5OS/c1-6-4-7(17-16-6)5-13-9-8-2-3-18-10(8)15-11(12)14-9/h2-4H,5H2,1H3,(H3,12,13,14,15). The van der Waals surface area contributed by atoms with E-state index in [1.54, 1.807) is 0 Å². The van der Waals surface area contributed by atoms with E-state index in [4.69, 9.17) is 10.3 Å². The molecule has 0 fully saturated rings. The zero-order valence-corrected chi connectivity index (χ0v) is 10.5. The number of thiophene rings is 1. The maximum atomic E-state index is 5.67. The number of hydrogen-bond acceptors (Lipinski definition) is 7. The minimum Gasteiger partial charge on any atom is -0.368 e. The number of nitrogens with one attached hydrogen (secondary N) is 1. The van der Waals surface area contributed by atoms with E-state index >= 15 is 0 Å². The van der Waals surface area contributed by atoms with Crippen molar-refractivity contribution < 1.29 is 4.52 Å². The lowest BCUT2D eigenvalue weighted by atomic mass is 10.3. The second-order valence-electron chi connectivity index (χ2n) is 3.86. The van der Waals surface area contributed by atoms with Crippen LogP contribution in [-0.4, -0.2) is 15.1 Å². The SMILES string of the molecule is Cc1cc(CNc2nc(N)nc3sccc23)on1. The monoisotopic (exact) mass is 261 g/mol. The number of nitrogens with zero attached hydrogens (tertiary/aromatic N) is 3. The third-order valence-electron chi connectivity index (χ3n) is 2.45. The first-order valence-corrected chi connectivity index (χ1v) is 6.27. The van der Waals surface area contributed by atoms with E-state index in [2.05, 4.69) is 20.4 Å². The summed E-state index contributed by atoms with van der Waals surface area (Å²) in [6.07, 6.45) is 0. The summed E-state index contributed by atoms with van der Waals surface area (Å²) in [5.41, 5.74) is 6.52. The van der Waals surface area contributed by atoms with Gasteiger partial charge in [0.25, 0.3) is 0 Å². The maximum absolute atomic E-state index is 5.67. The molecule has 0 radical (unpaired) electrons. The molecule has 6 nitrogen and oxygen atoms in total. The van der Waals surface area contributed by atoms with E-state index in [0.29, 0.717) is 12.4 Å². The number of nitrogen functional groups attached to an aromatic ring is 1. The van der Waals surface area contributed by atoms with Gasteiger partial charge < -0.3 is 15.6 Å². The van der Waals surface area contributed by atoms with Gasteiger partial charge in [0.05, 0.1) is 17.6 Å². The summed E-state index contributed by atoms with van der Waals surface area (Å²) in [5.74, 6) is 1.74. The summed E-state index contributed by atoms with van der Waals surface area (Å²) in [6.45, 7) is 2.40. The van der Waals surface area contributed by atoms with Gasteiger partial charge in [0, 0.05) is 6.07 Å². The maximum Gasteiger partial charge on any atom is 0.223 e. The summed E-state index contributed by atoms with van der Waals surface area (Å²) >= 11 is 1.53. The van der Waals surface area contributed by atoms with Crippen LogP contribution in [0, 0.1) is 6.92 Å². The largest absolute Gasteiger partial charge is 0.368 e. The zero-order chi connectivity index (χ0) is 12.5. The molecular weight excluding hydrogens is 250 g/mol. The molecule has 0 aliphatic rings. The lowest BCUT2D eigenvalue weighted by Gasteiger charge is -2.05. The molecule has 3 rings (SSSR count). The van der Waals surface area contributed by atoms with E-state index in [1.807, 2.05) is 24.4 Å². The van der Waals surface area contributed by atoms with Crippen LogP contribution < -0.4 is 11.1 Å². The Morgan fingerprint density at radius 2 is 2.33 bits per heavy atom. The Morgan fingerprint density at radius 1 is 1.44 bits per heavy atom. The van der Waals surface area contributed by atoms with Crippen LogP contribution in [0.5, 0.6) is 0 Å². The second-order valence-corrected chi connectivity index (χ2v) is 4.75. The molecule has 3 heterocycles. The first-order valence-electron chi connectivity index (χ1n) is 5.39. The molecule has 0 saturated carbocycles. The third kappa shape index (κ3) is 2.00. The highest BCUT2D eigenvalue weighted by atomic mass is 32.1. The quantitative estimate of drug-likeness (QED) is 0.751. The van der Waals surface area contributed by atoms with Crippen molar-refractivity contribution in [1.82, 2.24) is 15.1 Å². The average molecular weight is 261 g/mol. The third-order valence-corrected chi connectivity index (χ3v) is 3.26. The number of rotatable bonds is 3. The molecule has 0 spiro atoms. The molecule has 3 N–H and O–H groups in total. The first kappa shape index (κ1) is 11.0. The van der Waals surface area contributed by atoms with Gasteiger partial charge in [-0.2, -0.15) is 4.98 Å². The molecule has 0 unspecified atom stereocenters. The van der Waals surface area contributed by atoms with Crippen LogP contribution in [0.4, 0.5) is 11.8 Å². The number of fused-ring (bicyclic) bond motifs is 1. The Morgan fingerprint density at radius 3 is 3.11 bits per heavy atom.